The topological polar surface area (TPSA) is 22.1 Å². The van der Waals surface area contributed by atoms with Gasteiger partial charge in [0.2, 0.25) is 0 Å². The molecule has 2 aromatic rings. The van der Waals surface area contributed by atoms with Crippen molar-refractivity contribution < 1.29 is 17.9 Å². The minimum atomic E-state index is -4.52. The van der Waals surface area contributed by atoms with Crippen LogP contribution in [0.25, 0.3) is 10.9 Å². The Hall–Kier alpha value is -2.22. The summed E-state index contributed by atoms with van der Waals surface area (Å²) in [6.07, 6.45) is 0.516. The summed E-state index contributed by atoms with van der Waals surface area (Å²) in [5.74, 6) is 2.30. The van der Waals surface area contributed by atoms with Gasteiger partial charge in [0.25, 0.3) is 0 Å². The SMILES string of the molecule is C#CCOc1cc(C(F)(F)F)nc2ccccc12. The summed E-state index contributed by atoms with van der Waals surface area (Å²) >= 11 is 0. The van der Waals surface area contributed by atoms with E-state index in [4.69, 9.17) is 11.2 Å². The number of fused-ring (bicyclic) bond motifs is 1. The molecular formula is C13H8F3NO. The number of rotatable bonds is 2. The fourth-order valence-corrected chi connectivity index (χ4v) is 1.53. The maximum atomic E-state index is 12.7. The number of hydrogen-bond acceptors (Lipinski definition) is 2. The Kier molecular flexibility index (Phi) is 3.11. The van der Waals surface area contributed by atoms with E-state index in [0.717, 1.165) is 6.07 Å². The Bertz CT molecular complexity index is 614. The van der Waals surface area contributed by atoms with Crippen LogP contribution in [0.3, 0.4) is 0 Å². The first-order valence-electron chi connectivity index (χ1n) is 5.05. The maximum absolute atomic E-state index is 12.7. The number of ether oxygens (including phenoxy) is 1. The summed E-state index contributed by atoms with van der Waals surface area (Å²) in [5.41, 5.74) is -0.771. The first kappa shape index (κ1) is 12.2. The molecule has 0 N–H and O–H groups in total. The van der Waals surface area contributed by atoms with E-state index < -0.39 is 11.9 Å². The molecule has 0 saturated heterocycles. The van der Waals surface area contributed by atoms with Gasteiger partial charge in [-0.25, -0.2) is 4.98 Å². The molecule has 0 aliphatic rings. The van der Waals surface area contributed by atoms with Crippen LogP contribution in [0.5, 0.6) is 5.75 Å². The van der Waals surface area contributed by atoms with Gasteiger partial charge >= 0.3 is 6.18 Å². The maximum Gasteiger partial charge on any atom is 0.433 e. The van der Waals surface area contributed by atoms with Crippen LogP contribution < -0.4 is 4.74 Å². The van der Waals surface area contributed by atoms with E-state index >= 15 is 0 Å². The predicted octanol–water partition coefficient (Wildman–Crippen LogP) is 3.27. The van der Waals surface area contributed by atoms with Crippen molar-refractivity contribution in [2.75, 3.05) is 6.61 Å². The second-order valence-corrected chi connectivity index (χ2v) is 3.51. The lowest BCUT2D eigenvalue weighted by Gasteiger charge is -2.11. The molecule has 5 heteroatoms. The average Bonchev–Trinajstić information content (AvgIpc) is 2.34. The van der Waals surface area contributed by atoms with Gasteiger partial charge in [-0.2, -0.15) is 13.2 Å². The molecule has 0 unspecified atom stereocenters. The molecule has 0 atom stereocenters. The van der Waals surface area contributed by atoms with Crippen molar-refractivity contribution in [1.29, 1.82) is 0 Å². The smallest absolute Gasteiger partial charge is 0.433 e. The number of para-hydroxylation sites is 1. The van der Waals surface area contributed by atoms with E-state index in [-0.39, 0.29) is 17.9 Å². The predicted molar refractivity (Wildman–Crippen MR) is 61.1 cm³/mol. The molecule has 0 fully saturated rings. The molecule has 0 saturated carbocycles. The second kappa shape index (κ2) is 4.57. The van der Waals surface area contributed by atoms with Gasteiger partial charge in [0.05, 0.1) is 5.52 Å². The number of benzene rings is 1. The molecule has 0 amide bonds. The van der Waals surface area contributed by atoms with Gasteiger partial charge in [-0.3, -0.25) is 0 Å². The number of hydrogen-bond donors (Lipinski definition) is 0. The Morgan fingerprint density at radius 3 is 2.67 bits per heavy atom. The van der Waals surface area contributed by atoms with Crippen LogP contribution in [0.4, 0.5) is 13.2 Å². The molecule has 1 aromatic heterocycles. The van der Waals surface area contributed by atoms with Crippen LogP contribution in [-0.2, 0) is 6.18 Å². The van der Waals surface area contributed by atoms with Crippen LogP contribution in [0.1, 0.15) is 5.69 Å². The monoisotopic (exact) mass is 251 g/mol. The molecule has 0 spiro atoms. The summed E-state index contributed by atoms with van der Waals surface area (Å²) < 4.78 is 43.1. The number of nitrogens with zero attached hydrogens (tertiary/aromatic N) is 1. The lowest BCUT2D eigenvalue weighted by atomic mass is 10.2. The third-order valence-electron chi connectivity index (χ3n) is 2.28. The van der Waals surface area contributed by atoms with Crippen molar-refractivity contribution in [1.82, 2.24) is 4.98 Å². The van der Waals surface area contributed by atoms with Crippen molar-refractivity contribution in [3.05, 3.63) is 36.0 Å². The quantitative estimate of drug-likeness (QED) is 0.764. The molecule has 1 aromatic carbocycles. The number of alkyl halides is 3. The van der Waals surface area contributed by atoms with Gasteiger partial charge in [0, 0.05) is 11.5 Å². The number of halogens is 3. The van der Waals surface area contributed by atoms with Crippen LogP contribution in [0, 0.1) is 12.3 Å². The Morgan fingerprint density at radius 2 is 2.00 bits per heavy atom. The summed E-state index contributed by atoms with van der Waals surface area (Å²) in [7, 11) is 0. The highest BCUT2D eigenvalue weighted by atomic mass is 19.4. The lowest BCUT2D eigenvalue weighted by molar-refractivity contribution is -0.141. The van der Waals surface area contributed by atoms with Crippen molar-refractivity contribution in [3.63, 3.8) is 0 Å². The first-order chi connectivity index (χ1) is 8.52. The Labute approximate surface area is 101 Å². The molecule has 2 rings (SSSR count). The molecule has 0 bridgehead atoms. The third kappa shape index (κ3) is 2.38. The van der Waals surface area contributed by atoms with E-state index in [9.17, 15) is 13.2 Å². The van der Waals surface area contributed by atoms with Crippen LogP contribution in [-0.4, -0.2) is 11.6 Å². The van der Waals surface area contributed by atoms with E-state index in [0.29, 0.717) is 5.39 Å². The Morgan fingerprint density at radius 1 is 1.28 bits per heavy atom. The van der Waals surface area contributed by atoms with E-state index in [1.54, 1.807) is 18.2 Å². The van der Waals surface area contributed by atoms with Crippen molar-refractivity contribution in [2.24, 2.45) is 0 Å². The summed E-state index contributed by atoms with van der Waals surface area (Å²) in [5, 5.41) is 0.501. The van der Waals surface area contributed by atoms with Crippen molar-refractivity contribution >= 4 is 10.9 Å². The molecule has 1 heterocycles. The average molecular weight is 251 g/mol. The zero-order chi connectivity index (χ0) is 13.2. The van der Waals surface area contributed by atoms with Gasteiger partial charge in [-0.15, -0.1) is 6.42 Å². The lowest BCUT2D eigenvalue weighted by Crippen LogP contribution is -2.09. The van der Waals surface area contributed by atoms with Crippen LogP contribution >= 0.6 is 0 Å². The zero-order valence-electron chi connectivity index (χ0n) is 9.16. The van der Waals surface area contributed by atoms with Gasteiger partial charge in [-0.05, 0) is 12.1 Å². The zero-order valence-corrected chi connectivity index (χ0v) is 9.16. The van der Waals surface area contributed by atoms with Crippen molar-refractivity contribution in [2.45, 2.75) is 6.18 Å². The number of pyridine rings is 1. The van der Waals surface area contributed by atoms with Crippen molar-refractivity contribution in [3.8, 4) is 18.1 Å². The second-order valence-electron chi connectivity index (χ2n) is 3.51. The first-order valence-corrected chi connectivity index (χ1v) is 5.05. The van der Waals surface area contributed by atoms with Gasteiger partial charge in [-0.1, -0.05) is 18.1 Å². The molecule has 2 nitrogen and oxygen atoms in total. The van der Waals surface area contributed by atoms with Crippen LogP contribution in [0.2, 0.25) is 0 Å². The fraction of sp³-hybridized carbons (Fsp3) is 0.154. The molecule has 0 aliphatic heterocycles. The molecule has 18 heavy (non-hydrogen) atoms. The largest absolute Gasteiger partial charge is 0.480 e. The van der Waals surface area contributed by atoms with E-state index in [1.165, 1.54) is 6.07 Å². The highest BCUT2D eigenvalue weighted by molar-refractivity contribution is 5.85. The molecule has 92 valence electrons. The highest BCUT2D eigenvalue weighted by Gasteiger charge is 2.33. The minimum Gasteiger partial charge on any atom is -0.480 e. The van der Waals surface area contributed by atoms with Gasteiger partial charge in [0.15, 0.2) is 0 Å². The summed E-state index contributed by atoms with van der Waals surface area (Å²) in [6, 6.07) is 7.29. The van der Waals surface area contributed by atoms with Crippen LogP contribution in [0.15, 0.2) is 30.3 Å². The minimum absolute atomic E-state index is 0.0888. The number of terminal acetylenes is 1. The molecular weight excluding hydrogens is 243 g/mol. The fourth-order valence-electron chi connectivity index (χ4n) is 1.53. The van der Waals surface area contributed by atoms with Gasteiger partial charge in [0.1, 0.15) is 18.1 Å². The highest BCUT2D eigenvalue weighted by Crippen LogP contribution is 2.33. The van der Waals surface area contributed by atoms with E-state index in [1.807, 2.05) is 0 Å². The third-order valence-corrected chi connectivity index (χ3v) is 2.28. The normalized spacial score (nSPS) is 11.2. The summed E-state index contributed by atoms with van der Waals surface area (Å²) in [4.78, 5) is 3.56. The van der Waals surface area contributed by atoms with Gasteiger partial charge < -0.3 is 4.74 Å². The standard InChI is InChI=1S/C13H8F3NO/c1-2-7-18-11-8-12(13(14,15)16)17-10-6-4-3-5-9(10)11/h1,3-6,8H,7H2. The summed E-state index contributed by atoms with van der Waals surface area (Å²) in [6.45, 7) is -0.0920. The molecule has 0 radical (unpaired) electrons. The number of aromatic nitrogens is 1. The Balaban J connectivity index is 2.61. The molecule has 0 aliphatic carbocycles. The van der Waals surface area contributed by atoms with E-state index in [2.05, 4.69) is 10.9 Å².